The predicted octanol–water partition coefficient (Wildman–Crippen LogP) is 15.3. The minimum Gasteiger partial charge on any atom is -0.456 e. The third-order valence-corrected chi connectivity index (χ3v) is 10.3. The Morgan fingerprint density at radius 1 is 0.418 bits per heavy atom. The maximum atomic E-state index is 10.1. The van der Waals surface area contributed by atoms with Crippen LogP contribution in [0.4, 0.5) is 0 Å². The topological polar surface area (TPSA) is 13.1 Å². The van der Waals surface area contributed by atoms with E-state index in [1.165, 1.54) is 20.8 Å². The third-order valence-electron chi connectivity index (χ3n) is 10.3. The van der Waals surface area contributed by atoms with Crippen LogP contribution in [0.5, 0.6) is 0 Å². The van der Waals surface area contributed by atoms with Gasteiger partial charge in [-0.25, -0.2) is 0 Å². The quantitative estimate of drug-likeness (QED) is 0.165. The van der Waals surface area contributed by atoms with Crippen LogP contribution in [-0.2, 0) is 5.41 Å². The molecule has 0 bridgehead atoms. The molecule has 0 N–H and O–H groups in total. The van der Waals surface area contributed by atoms with Crippen LogP contribution in [-0.4, -0.2) is 0 Å². The summed E-state index contributed by atoms with van der Waals surface area (Å²) in [6.07, 6.45) is 0. The van der Waals surface area contributed by atoms with Crippen molar-refractivity contribution >= 4 is 54.3 Å². The second-order valence-electron chi connectivity index (χ2n) is 14.1. The molecule has 55 heavy (non-hydrogen) atoms. The molecule has 1 aliphatic carbocycles. The molecule has 0 aliphatic heterocycles. The first-order valence-corrected chi connectivity index (χ1v) is 17.4. The molecule has 0 saturated carbocycles. The van der Waals surface area contributed by atoms with Crippen molar-refractivity contribution in [3.8, 4) is 44.5 Å². The lowest BCUT2D eigenvalue weighted by Crippen LogP contribution is -2.15. The van der Waals surface area contributed by atoms with E-state index in [9.17, 15) is 20.6 Å². The molecule has 1 heterocycles. The van der Waals surface area contributed by atoms with E-state index in [-0.39, 0.29) is 77.7 Å². The van der Waals surface area contributed by atoms with Crippen molar-refractivity contribution in [2.24, 2.45) is 0 Å². The molecule has 0 fully saturated rings. The predicted molar refractivity (Wildman–Crippen MR) is 234 cm³/mol. The molecule has 1 heteroatoms. The molecular weight excluding hydrogens is 665 g/mol. The van der Waals surface area contributed by atoms with Gasteiger partial charge in [0, 0.05) is 16.2 Å². The molecule has 0 amide bonds. The Balaban J connectivity index is 1.31. The van der Waals surface area contributed by atoms with Crippen molar-refractivity contribution in [2.75, 3.05) is 0 Å². The van der Waals surface area contributed by atoms with Crippen LogP contribution < -0.4 is 0 Å². The largest absolute Gasteiger partial charge is 0.456 e. The summed E-state index contributed by atoms with van der Waals surface area (Å²) in [5.74, 6) is 0. The smallest absolute Gasteiger partial charge is 0.136 e. The Hall–Kier alpha value is -6.44. The Bertz CT molecular complexity index is 4600. The summed E-state index contributed by atoms with van der Waals surface area (Å²) in [5.41, 5.74) is -5.25. The second-order valence-corrected chi connectivity index (χ2v) is 14.1. The SMILES string of the molecule is [2H]c1c([2H])c([2H])c2c(c1[2H])-c1c([2H])c(-c3c4c([2H])c(C)c([2H])c([2H])c4c(-c4c([2H])c([2H])c(-c5c([2H])c([2H])c6oc7c([2H])c8c([2H])c([2H])c([2H])c([2H])c8c([2H])c7c6c5[2H])c([2H])c4[2H])c4c([2H])c([2H])c(C)c([2H])c34)c(C)c([2H])c1C2(C)C. The number of rotatable bonds is 3. The number of fused-ring (bicyclic) bond motifs is 9. The van der Waals surface area contributed by atoms with E-state index in [2.05, 4.69) is 0 Å². The zero-order valence-corrected chi connectivity index (χ0v) is 29.9. The monoisotopic (exact) mass is 729 g/mol. The van der Waals surface area contributed by atoms with Crippen LogP contribution in [0.3, 0.4) is 0 Å². The van der Waals surface area contributed by atoms with Crippen molar-refractivity contribution in [2.45, 2.75) is 40.0 Å². The highest BCUT2D eigenvalue weighted by atomic mass is 16.3. The number of furan rings is 1. The molecule has 11 rings (SSSR count). The maximum absolute atomic E-state index is 10.1. The van der Waals surface area contributed by atoms with Crippen LogP contribution in [0.15, 0.2) is 155 Å². The third kappa shape index (κ3) is 4.72. The lowest BCUT2D eigenvalue weighted by molar-refractivity contribution is 0.660. The van der Waals surface area contributed by atoms with Crippen molar-refractivity contribution < 1.29 is 38.7 Å². The van der Waals surface area contributed by atoms with E-state index in [4.69, 9.17) is 18.1 Å². The summed E-state index contributed by atoms with van der Waals surface area (Å²) < 4.78 is 237. The molecule has 10 aromatic rings. The van der Waals surface area contributed by atoms with Gasteiger partial charge >= 0.3 is 0 Å². The van der Waals surface area contributed by atoms with E-state index in [0.717, 1.165) is 0 Å². The molecule has 0 saturated heterocycles. The van der Waals surface area contributed by atoms with Gasteiger partial charge in [0.2, 0.25) is 0 Å². The lowest BCUT2D eigenvalue weighted by Gasteiger charge is -2.23. The number of hydrogen-bond acceptors (Lipinski definition) is 1. The van der Waals surface area contributed by atoms with Crippen molar-refractivity contribution in [3.63, 3.8) is 0 Å². The molecule has 0 spiro atoms. The van der Waals surface area contributed by atoms with Gasteiger partial charge in [0.15, 0.2) is 0 Å². The molecular formula is C54H40O. The average Bonchev–Trinajstić information content (AvgIpc) is 4.02. The standard InChI is InChI=1S/C54H40O/c1-31-14-21-40-46(24-31)53(42-30-43-39-12-8-9-13-48(39)54(4,5)49(43)26-33(42)3)47-25-32(2)15-22-41(47)52(40)35-18-16-34(17-19-35)38-20-23-50-44(28-38)45-27-36-10-6-7-11-37(36)29-51(45)55-50/h6-30H,1-5H3/i6D,7D,8D,9D,10D,11D,12D,13D,14D,15D,16D,17D,18D,19D,20D,21D,22D,23D,24D,25D,26D,27D,28D,29D,30D. The van der Waals surface area contributed by atoms with E-state index < -0.39 is 205 Å². The van der Waals surface area contributed by atoms with Gasteiger partial charge < -0.3 is 4.42 Å². The molecule has 0 atom stereocenters. The van der Waals surface area contributed by atoms with Crippen LogP contribution in [0, 0.1) is 20.8 Å². The van der Waals surface area contributed by atoms with E-state index >= 15 is 0 Å². The fourth-order valence-electron chi connectivity index (χ4n) is 7.64. The summed E-state index contributed by atoms with van der Waals surface area (Å²) in [4.78, 5) is 0. The Morgan fingerprint density at radius 3 is 1.76 bits per heavy atom. The van der Waals surface area contributed by atoms with Crippen LogP contribution in [0.1, 0.15) is 75.9 Å². The van der Waals surface area contributed by atoms with Crippen LogP contribution in [0.25, 0.3) is 98.8 Å². The molecule has 0 unspecified atom stereocenters. The number of hydrogen-bond donors (Lipinski definition) is 0. The molecule has 262 valence electrons. The highest BCUT2D eigenvalue weighted by molar-refractivity contribution is 6.22. The first kappa shape index (κ1) is 15.7. The minimum absolute atomic E-state index is 0.0496. The highest BCUT2D eigenvalue weighted by Gasteiger charge is 2.36. The van der Waals surface area contributed by atoms with Gasteiger partial charge in [0.1, 0.15) is 11.2 Å². The zero-order chi connectivity index (χ0) is 58.9. The summed E-state index contributed by atoms with van der Waals surface area (Å²) in [5, 5.41) is -3.09. The highest BCUT2D eigenvalue weighted by Crippen LogP contribution is 2.52. The van der Waals surface area contributed by atoms with Crippen molar-refractivity contribution in [3.05, 3.63) is 179 Å². The Kier molecular flexibility index (Phi) is 3.30. The zero-order valence-electron chi connectivity index (χ0n) is 54.9. The van der Waals surface area contributed by atoms with E-state index in [0.29, 0.717) is 0 Å². The van der Waals surface area contributed by atoms with E-state index in [1.54, 1.807) is 13.8 Å². The summed E-state index contributed by atoms with van der Waals surface area (Å²) in [7, 11) is 0. The summed E-state index contributed by atoms with van der Waals surface area (Å²) in [6, 6.07) is -16.4. The lowest BCUT2D eigenvalue weighted by atomic mass is 9.80. The Morgan fingerprint density at radius 2 is 1.04 bits per heavy atom. The second kappa shape index (κ2) is 11.5. The van der Waals surface area contributed by atoms with Gasteiger partial charge in [-0.1, -0.05) is 146 Å². The fraction of sp³-hybridized carbons (Fsp3) is 0.111. The van der Waals surface area contributed by atoms with Crippen LogP contribution in [0.2, 0.25) is 0 Å². The van der Waals surface area contributed by atoms with Gasteiger partial charge in [-0.05, 0) is 144 Å². The Labute approximate surface area is 356 Å². The molecule has 1 nitrogen and oxygen atoms in total. The van der Waals surface area contributed by atoms with Gasteiger partial charge in [0.25, 0.3) is 0 Å². The summed E-state index contributed by atoms with van der Waals surface area (Å²) in [6.45, 7) is 7.54. The van der Waals surface area contributed by atoms with Crippen molar-refractivity contribution in [1.82, 2.24) is 0 Å². The first-order valence-electron chi connectivity index (χ1n) is 29.9. The van der Waals surface area contributed by atoms with Gasteiger partial charge in [0.05, 0.1) is 34.3 Å². The average molecular weight is 730 g/mol. The van der Waals surface area contributed by atoms with Gasteiger partial charge in [-0.2, -0.15) is 0 Å². The minimum atomic E-state index is -1.28. The maximum Gasteiger partial charge on any atom is 0.136 e. The summed E-state index contributed by atoms with van der Waals surface area (Å²) >= 11 is 0. The molecule has 1 aliphatic rings. The first-order chi connectivity index (χ1) is 37.2. The fourth-order valence-corrected chi connectivity index (χ4v) is 7.64. The van der Waals surface area contributed by atoms with E-state index in [1.807, 2.05) is 0 Å². The molecule has 1 aromatic heterocycles. The van der Waals surface area contributed by atoms with Crippen molar-refractivity contribution in [1.29, 1.82) is 0 Å². The normalized spacial score (nSPS) is 19.7. The molecule has 0 radical (unpaired) electrons. The number of benzene rings is 9. The van der Waals surface area contributed by atoms with Gasteiger partial charge in [-0.15, -0.1) is 0 Å². The van der Waals surface area contributed by atoms with Gasteiger partial charge in [-0.3, -0.25) is 0 Å². The van der Waals surface area contributed by atoms with Crippen LogP contribution >= 0.6 is 0 Å². The molecule has 9 aromatic carbocycles.